The minimum atomic E-state index is -0.174. The number of ether oxygens (including phenoxy) is 2. The highest BCUT2D eigenvalue weighted by molar-refractivity contribution is 5.75. The van der Waals surface area contributed by atoms with Crippen molar-refractivity contribution in [1.82, 2.24) is 9.88 Å². The van der Waals surface area contributed by atoms with Crippen LogP contribution < -0.4 is 10.9 Å². The van der Waals surface area contributed by atoms with Crippen LogP contribution in [0.25, 0.3) is 0 Å². The third-order valence-corrected chi connectivity index (χ3v) is 3.33. The van der Waals surface area contributed by atoms with E-state index < -0.39 is 0 Å². The third kappa shape index (κ3) is 5.69. The van der Waals surface area contributed by atoms with Gasteiger partial charge in [-0.3, -0.25) is 9.59 Å². The Morgan fingerprint density at radius 3 is 3.14 bits per heavy atom. The smallest absolute Gasteiger partial charge is 0.250 e. The van der Waals surface area contributed by atoms with Crippen LogP contribution in [0.4, 0.5) is 0 Å². The Balaban J connectivity index is 1.53. The van der Waals surface area contributed by atoms with Crippen molar-refractivity contribution in [1.29, 1.82) is 0 Å². The van der Waals surface area contributed by atoms with Crippen LogP contribution in [0, 0.1) is 0 Å². The number of carbonyl (C=O) groups excluding carboxylic acids is 1. The van der Waals surface area contributed by atoms with E-state index in [1.54, 1.807) is 18.3 Å². The van der Waals surface area contributed by atoms with Crippen molar-refractivity contribution in [2.24, 2.45) is 0 Å². The van der Waals surface area contributed by atoms with Crippen molar-refractivity contribution in [3.05, 3.63) is 34.7 Å². The van der Waals surface area contributed by atoms with Gasteiger partial charge in [-0.1, -0.05) is 6.07 Å². The molecule has 1 fully saturated rings. The molecule has 6 heteroatoms. The van der Waals surface area contributed by atoms with E-state index in [2.05, 4.69) is 5.32 Å². The van der Waals surface area contributed by atoms with Crippen LogP contribution in [0.5, 0.6) is 0 Å². The third-order valence-electron chi connectivity index (χ3n) is 3.33. The van der Waals surface area contributed by atoms with Gasteiger partial charge in [-0.05, 0) is 25.3 Å². The lowest BCUT2D eigenvalue weighted by Gasteiger charge is -2.10. The van der Waals surface area contributed by atoms with Crippen LogP contribution in [0.2, 0.25) is 0 Å². The van der Waals surface area contributed by atoms with E-state index >= 15 is 0 Å². The lowest BCUT2D eigenvalue weighted by molar-refractivity contribution is -0.121. The molecule has 1 N–H and O–H groups in total. The summed E-state index contributed by atoms with van der Waals surface area (Å²) in [5.41, 5.74) is -0.174. The van der Waals surface area contributed by atoms with Crippen molar-refractivity contribution in [2.75, 3.05) is 26.4 Å². The lowest BCUT2D eigenvalue weighted by Crippen LogP contribution is -2.32. The van der Waals surface area contributed by atoms with Crippen molar-refractivity contribution in [3.8, 4) is 0 Å². The molecule has 1 unspecified atom stereocenters. The summed E-state index contributed by atoms with van der Waals surface area (Å²) < 4.78 is 12.3. The van der Waals surface area contributed by atoms with Crippen molar-refractivity contribution < 1.29 is 14.3 Å². The Morgan fingerprint density at radius 2 is 2.38 bits per heavy atom. The van der Waals surface area contributed by atoms with Gasteiger partial charge in [0.25, 0.3) is 5.56 Å². The largest absolute Gasteiger partial charge is 0.379 e. The molecule has 1 aromatic heterocycles. The summed E-state index contributed by atoms with van der Waals surface area (Å²) >= 11 is 0. The number of nitrogens with one attached hydrogen (secondary N) is 1. The van der Waals surface area contributed by atoms with Crippen LogP contribution in [0.15, 0.2) is 29.2 Å². The predicted octanol–water partition coefficient (Wildman–Crippen LogP) is 0.550. The van der Waals surface area contributed by atoms with Crippen molar-refractivity contribution >= 4 is 5.91 Å². The number of nitrogens with zero attached hydrogens (tertiary/aromatic N) is 1. The minimum Gasteiger partial charge on any atom is -0.379 e. The first kappa shape index (κ1) is 15.7. The fourth-order valence-corrected chi connectivity index (χ4v) is 2.19. The molecular formula is C15H22N2O4. The maximum Gasteiger partial charge on any atom is 0.250 e. The molecular weight excluding hydrogens is 272 g/mol. The standard InChI is InChI=1S/C15H22N2O4/c18-14(11-17-8-2-1-6-15(17)19)16-7-4-9-20-12-13-5-3-10-21-13/h1-2,6,8,13H,3-5,7,9-12H2,(H,16,18). The second-order valence-electron chi connectivity index (χ2n) is 5.08. The number of carbonyl (C=O) groups is 1. The van der Waals surface area contributed by atoms with Gasteiger partial charge in [0.2, 0.25) is 5.91 Å². The van der Waals surface area contributed by atoms with Gasteiger partial charge in [0, 0.05) is 32.0 Å². The summed E-state index contributed by atoms with van der Waals surface area (Å²) in [6, 6.07) is 4.82. The quantitative estimate of drug-likeness (QED) is 0.711. The molecule has 0 radical (unpaired) electrons. The van der Waals surface area contributed by atoms with Crippen LogP contribution in [0.1, 0.15) is 19.3 Å². The maximum atomic E-state index is 11.7. The molecule has 21 heavy (non-hydrogen) atoms. The fourth-order valence-electron chi connectivity index (χ4n) is 2.19. The average Bonchev–Trinajstić information content (AvgIpc) is 2.98. The Bertz CT molecular complexity index is 494. The van der Waals surface area contributed by atoms with Crippen LogP contribution >= 0.6 is 0 Å². The number of rotatable bonds is 8. The fraction of sp³-hybridized carbons (Fsp3) is 0.600. The lowest BCUT2D eigenvalue weighted by atomic mass is 10.2. The first-order valence-corrected chi connectivity index (χ1v) is 7.37. The molecule has 0 aliphatic carbocycles. The topological polar surface area (TPSA) is 69.6 Å². The Morgan fingerprint density at radius 1 is 1.48 bits per heavy atom. The van der Waals surface area contributed by atoms with Gasteiger partial charge in [0.15, 0.2) is 0 Å². The molecule has 1 aromatic rings. The first-order valence-electron chi connectivity index (χ1n) is 7.37. The normalized spacial score (nSPS) is 17.8. The zero-order valence-electron chi connectivity index (χ0n) is 12.1. The van der Waals surface area contributed by atoms with Crippen LogP contribution in [0.3, 0.4) is 0 Å². The van der Waals surface area contributed by atoms with Gasteiger partial charge < -0.3 is 19.4 Å². The zero-order valence-corrected chi connectivity index (χ0v) is 12.1. The van der Waals surface area contributed by atoms with Gasteiger partial charge in [-0.25, -0.2) is 0 Å². The summed E-state index contributed by atoms with van der Waals surface area (Å²) in [7, 11) is 0. The second-order valence-corrected chi connectivity index (χ2v) is 5.08. The SMILES string of the molecule is O=C(Cn1ccccc1=O)NCCCOCC1CCCO1. The molecule has 0 spiro atoms. The second kappa shape index (κ2) is 8.59. The summed E-state index contributed by atoms with van der Waals surface area (Å²) in [5.74, 6) is -0.164. The van der Waals surface area contributed by atoms with E-state index in [1.165, 1.54) is 10.6 Å². The van der Waals surface area contributed by atoms with E-state index in [0.717, 1.165) is 25.9 Å². The first-order chi connectivity index (χ1) is 10.3. The number of amides is 1. The number of aromatic nitrogens is 1. The van der Waals surface area contributed by atoms with E-state index in [1.807, 2.05) is 0 Å². The highest BCUT2D eigenvalue weighted by Gasteiger charge is 2.14. The summed E-state index contributed by atoms with van der Waals surface area (Å²) in [4.78, 5) is 23.1. The minimum absolute atomic E-state index is 0.0520. The van der Waals surface area contributed by atoms with E-state index in [-0.39, 0.29) is 24.1 Å². The molecule has 0 aromatic carbocycles. The number of hydrogen-bond acceptors (Lipinski definition) is 4. The van der Waals surface area contributed by atoms with E-state index in [0.29, 0.717) is 19.8 Å². The molecule has 1 atom stereocenters. The summed E-state index contributed by atoms with van der Waals surface area (Å²) in [6.45, 7) is 2.67. The maximum absolute atomic E-state index is 11.7. The molecule has 1 saturated heterocycles. The number of hydrogen-bond donors (Lipinski definition) is 1. The molecule has 2 heterocycles. The predicted molar refractivity (Wildman–Crippen MR) is 78.1 cm³/mol. The van der Waals surface area contributed by atoms with E-state index in [4.69, 9.17) is 9.47 Å². The Kier molecular flexibility index (Phi) is 6.43. The Hall–Kier alpha value is -1.66. The highest BCUT2D eigenvalue weighted by Crippen LogP contribution is 2.11. The zero-order chi connectivity index (χ0) is 14.9. The molecule has 1 amide bonds. The molecule has 1 aliphatic rings. The molecule has 6 nitrogen and oxygen atoms in total. The Labute approximate surface area is 124 Å². The highest BCUT2D eigenvalue weighted by atomic mass is 16.5. The van der Waals surface area contributed by atoms with Crippen LogP contribution in [-0.4, -0.2) is 42.9 Å². The molecule has 1 aliphatic heterocycles. The van der Waals surface area contributed by atoms with Gasteiger partial charge in [-0.2, -0.15) is 0 Å². The molecule has 116 valence electrons. The van der Waals surface area contributed by atoms with Gasteiger partial charge in [-0.15, -0.1) is 0 Å². The van der Waals surface area contributed by atoms with Crippen molar-refractivity contribution in [3.63, 3.8) is 0 Å². The average molecular weight is 294 g/mol. The van der Waals surface area contributed by atoms with Crippen LogP contribution in [-0.2, 0) is 20.8 Å². The van der Waals surface area contributed by atoms with Gasteiger partial charge in [0.05, 0.1) is 12.7 Å². The van der Waals surface area contributed by atoms with Gasteiger partial charge >= 0.3 is 0 Å². The monoisotopic (exact) mass is 294 g/mol. The summed E-state index contributed by atoms with van der Waals surface area (Å²) in [5, 5.41) is 2.78. The van der Waals surface area contributed by atoms with Gasteiger partial charge in [0.1, 0.15) is 6.54 Å². The molecule has 0 saturated carbocycles. The number of pyridine rings is 1. The van der Waals surface area contributed by atoms with E-state index in [9.17, 15) is 9.59 Å². The van der Waals surface area contributed by atoms with Crippen molar-refractivity contribution in [2.45, 2.75) is 31.9 Å². The molecule has 2 rings (SSSR count). The summed E-state index contributed by atoms with van der Waals surface area (Å²) in [6.07, 6.45) is 4.78. The molecule has 0 bridgehead atoms.